The number of carbonyl (C=O) groups is 1. The molecule has 0 heterocycles. The van der Waals surface area contributed by atoms with Crippen LogP contribution in [0.15, 0.2) is 24.3 Å². The summed E-state index contributed by atoms with van der Waals surface area (Å²) in [5.41, 5.74) is -0.877. The van der Waals surface area contributed by atoms with Crippen molar-refractivity contribution in [3.63, 3.8) is 0 Å². The molecule has 0 spiro atoms. The van der Waals surface area contributed by atoms with Gasteiger partial charge in [0.1, 0.15) is 17.9 Å². The van der Waals surface area contributed by atoms with Crippen molar-refractivity contribution in [2.24, 2.45) is 5.92 Å². The van der Waals surface area contributed by atoms with E-state index in [1.165, 1.54) is 6.07 Å². The van der Waals surface area contributed by atoms with Crippen molar-refractivity contribution < 1.29 is 19.7 Å². The summed E-state index contributed by atoms with van der Waals surface area (Å²) in [6, 6.07) is 6.39. The Bertz CT molecular complexity index is 396. The third-order valence-corrected chi connectivity index (χ3v) is 2.88. The number of carboxylic acid groups (broad SMARTS) is 1. The molecule has 0 radical (unpaired) electrons. The van der Waals surface area contributed by atoms with Crippen LogP contribution in [0, 0.1) is 5.92 Å². The van der Waals surface area contributed by atoms with Gasteiger partial charge >= 0.3 is 5.97 Å². The third kappa shape index (κ3) is 3.46. The zero-order valence-corrected chi connectivity index (χ0v) is 10.3. The van der Waals surface area contributed by atoms with E-state index in [2.05, 4.69) is 0 Å². The smallest absolute Gasteiger partial charge is 0.339 e. The first-order valence-electron chi connectivity index (χ1n) is 5.52. The molecular formula is C13H18O4. The summed E-state index contributed by atoms with van der Waals surface area (Å²) >= 11 is 0. The van der Waals surface area contributed by atoms with Crippen LogP contribution in [0.5, 0.6) is 5.75 Å². The zero-order valence-electron chi connectivity index (χ0n) is 10.3. The quantitative estimate of drug-likeness (QED) is 0.825. The second-order valence-corrected chi connectivity index (χ2v) is 4.60. The van der Waals surface area contributed by atoms with E-state index in [4.69, 9.17) is 9.84 Å². The highest BCUT2D eigenvalue weighted by Crippen LogP contribution is 2.22. The maximum atomic E-state index is 10.9. The highest BCUT2D eigenvalue weighted by molar-refractivity contribution is 5.90. The van der Waals surface area contributed by atoms with Crippen LogP contribution in [-0.2, 0) is 0 Å². The van der Waals surface area contributed by atoms with E-state index in [0.29, 0.717) is 0 Å². The Morgan fingerprint density at radius 1 is 1.41 bits per heavy atom. The van der Waals surface area contributed by atoms with Gasteiger partial charge in [-0.25, -0.2) is 4.79 Å². The summed E-state index contributed by atoms with van der Waals surface area (Å²) < 4.78 is 5.39. The standard InChI is InChI=1S/C13H18O4/c1-9(2)13(3,16)8-17-11-7-5-4-6-10(11)12(14)15/h4-7,9,16H,8H2,1-3H3,(H,14,15). The number of hydrogen-bond acceptors (Lipinski definition) is 3. The first-order valence-corrected chi connectivity index (χ1v) is 5.52. The molecule has 1 aromatic rings. The Hall–Kier alpha value is -1.55. The van der Waals surface area contributed by atoms with E-state index in [-0.39, 0.29) is 23.8 Å². The Morgan fingerprint density at radius 3 is 2.53 bits per heavy atom. The molecule has 0 aliphatic carbocycles. The van der Waals surface area contributed by atoms with E-state index in [9.17, 15) is 9.90 Å². The fourth-order valence-corrected chi connectivity index (χ4v) is 1.16. The van der Waals surface area contributed by atoms with Gasteiger partial charge in [-0.2, -0.15) is 0 Å². The molecule has 4 heteroatoms. The number of benzene rings is 1. The summed E-state index contributed by atoms with van der Waals surface area (Å²) in [5, 5.41) is 19.0. The molecule has 0 bridgehead atoms. The van der Waals surface area contributed by atoms with Crippen LogP contribution in [0.3, 0.4) is 0 Å². The molecule has 0 saturated heterocycles. The molecule has 4 nitrogen and oxygen atoms in total. The number of rotatable bonds is 5. The molecular weight excluding hydrogens is 220 g/mol. The van der Waals surface area contributed by atoms with E-state index in [1.54, 1.807) is 25.1 Å². The predicted molar refractivity (Wildman–Crippen MR) is 64.4 cm³/mol. The van der Waals surface area contributed by atoms with Gasteiger partial charge in [0.15, 0.2) is 0 Å². The topological polar surface area (TPSA) is 66.8 Å². The minimum Gasteiger partial charge on any atom is -0.490 e. The van der Waals surface area contributed by atoms with Crippen molar-refractivity contribution in [1.29, 1.82) is 0 Å². The Labute approximate surface area is 101 Å². The van der Waals surface area contributed by atoms with Crippen molar-refractivity contribution in [2.75, 3.05) is 6.61 Å². The molecule has 1 rings (SSSR count). The van der Waals surface area contributed by atoms with E-state index in [1.807, 2.05) is 13.8 Å². The minimum absolute atomic E-state index is 0.0273. The SMILES string of the molecule is CC(C)C(C)(O)COc1ccccc1C(=O)O. The number of hydrogen-bond donors (Lipinski definition) is 2. The van der Waals surface area contributed by atoms with Crippen LogP contribution in [0.4, 0.5) is 0 Å². The van der Waals surface area contributed by atoms with Gasteiger partial charge in [0.25, 0.3) is 0 Å². The maximum absolute atomic E-state index is 10.9. The summed E-state index contributed by atoms with van der Waals surface area (Å²) in [7, 11) is 0. The number of carboxylic acids is 1. The third-order valence-electron chi connectivity index (χ3n) is 2.88. The van der Waals surface area contributed by atoms with Crippen molar-refractivity contribution in [1.82, 2.24) is 0 Å². The normalized spacial score (nSPS) is 14.4. The lowest BCUT2D eigenvalue weighted by Crippen LogP contribution is -2.38. The van der Waals surface area contributed by atoms with Crippen LogP contribution >= 0.6 is 0 Å². The first-order chi connectivity index (χ1) is 7.84. The van der Waals surface area contributed by atoms with Gasteiger partial charge < -0.3 is 14.9 Å². The summed E-state index contributed by atoms with van der Waals surface area (Å²) in [6.07, 6.45) is 0. The number of ether oxygens (including phenoxy) is 1. The molecule has 0 aromatic heterocycles. The first kappa shape index (κ1) is 13.5. The highest BCUT2D eigenvalue weighted by atomic mass is 16.5. The fraction of sp³-hybridized carbons (Fsp3) is 0.462. The number of aliphatic hydroxyl groups is 1. The molecule has 2 N–H and O–H groups in total. The molecule has 0 amide bonds. The molecule has 0 fully saturated rings. The van der Waals surface area contributed by atoms with Crippen LogP contribution in [0.1, 0.15) is 31.1 Å². The van der Waals surface area contributed by atoms with Crippen molar-refractivity contribution in [3.05, 3.63) is 29.8 Å². The van der Waals surface area contributed by atoms with Crippen LogP contribution in [-0.4, -0.2) is 28.4 Å². The summed E-state index contributed by atoms with van der Waals surface area (Å²) in [5.74, 6) is -0.731. The van der Waals surface area contributed by atoms with Crippen molar-refractivity contribution in [2.45, 2.75) is 26.4 Å². The van der Waals surface area contributed by atoms with Gasteiger partial charge in [-0.3, -0.25) is 0 Å². The maximum Gasteiger partial charge on any atom is 0.339 e. The molecule has 17 heavy (non-hydrogen) atoms. The minimum atomic E-state index is -1.04. The van der Waals surface area contributed by atoms with Crippen LogP contribution < -0.4 is 4.74 Å². The Kier molecular flexibility index (Phi) is 4.12. The molecule has 1 aromatic carbocycles. The van der Waals surface area contributed by atoms with Crippen molar-refractivity contribution in [3.8, 4) is 5.75 Å². The fourth-order valence-electron chi connectivity index (χ4n) is 1.16. The lowest BCUT2D eigenvalue weighted by Gasteiger charge is -2.27. The highest BCUT2D eigenvalue weighted by Gasteiger charge is 2.26. The molecule has 1 atom stereocenters. The largest absolute Gasteiger partial charge is 0.490 e. The van der Waals surface area contributed by atoms with Gasteiger partial charge in [-0.05, 0) is 25.0 Å². The molecule has 0 aliphatic heterocycles. The lowest BCUT2D eigenvalue weighted by molar-refractivity contribution is -0.0269. The summed E-state index contributed by atoms with van der Waals surface area (Å²) in [4.78, 5) is 10.9. The lowest BCUT2D eigenvalue weighted by atomic mass is 9.94. The van der Waals surface area contributed by atoms with E-state index in [0.717, 1.165) is 0 Å². The van der Waals surface area contributed by atoms with Crippen LogP contribution in [0.25, 0.3) is 0 Å². The Balaban J connectivity index is 2.79. The molecule has 1 unspecified atom stereocenters. The van der Waals surface area contributed by atoms with Gasteiger partial charge in [-0.1, -0.05) is 26.0 Å². The average Bonchev–Trinajstić information content (AvgIpc) is 2.26. The average molecular weight is 238 g/mol. The second kappa shape index (κ2) is 5.19. The summed E-state index contributed by atoms with van der Waals surface area (Å²) in [6.45, 7) is 5.49. The van der Waals surface area contributed by atoms with Gasteiger partial charge in [0, 0.05) is 0 Å². The monoisotopic (exact) mass is 238 g/mol. The van der Waals surface area contributed by atoms with E-state index >= 15 is 0 Å². The second-order valence-electron chi connectivity index (χ2n) is 4.60. The van der Waals surface area contributed by atoms with Gasteiger partial charge in [0.05, 0.1) is 5.60 Å². The van der Waals surface area contributed by atoms with Crippen LogP contribution in [0.2, 0.25) is 0 Å². The number of para-hydroxylation sites is 1. The predicted octanol–water partition coefficient (Wildman–Crippen LogP) is 2.17. The Morgan fingerprint density at radius 2 is 2.00 bits per heavy atom. The number of aromatic carboxylic acids is 1. The molecule has 94 valence electrons. The van der Waals surface area contributed by atoms with E-state index < -0.39 is 11.6 Å². The van der Waals surface area contributed by atoms with Gasteiger partial charge in [-0.15, -0.1) is 0 Å². The molecule has 0 saturated carbocycles. The molecule has 0 aliphatic rings. The van der Waals surface area contributed by atoms with Crippen molar-refractivity contribution >= 4 is 5.97 Å². The van der Waals surface area contributed by atoms with Gasteiger partial charge in [0.2, 0.25) is 0 Å². The zero-order chi connectivity index (χ0) is 13.1.